The van der Waals surface area contributed by atoms with Crippen molar-refractivity contribution in [3.63, 3.8) is 0 Å². The van der Waals surface area contributed by atoms with Crippen LogP contribution >= 0.6 is 0 Å². The molecule has 0 spiro atoms. The Hall–Kier alpha value is -1.22. The van der Waals surface area contributed by atoms with Gasteiger partial charge in [0.15, 0.2) is 0 Å². The second-order valence-corrected chi connectivity index (χ2v) is 6.45. The highest BCUT2D eigenvalue weighted by Crippen LogP contribution is 2.35. The van der Waals surface area contributed by atoms with Crippen molar-refractivity contribution in [1.82, 2.24) is 5.32 Å². The molecule has 1 heterocycles. The number of hydrogen-bond donors (Lipinski definition) is 2. The second-order valence-electron chi connectivity index (χ2n) is 6.45. The van der Waals surface area contributed by atoms with E-state index in [1.54, 1.807) is 12.1 Å². The van der Waals surface area contributed by atoms with Crippen LogP contribution in [0, 0.1) is 11.8 Å². The summed E-state index contributed by atoms with van der Waals surface area (Å²) in [6, 6.07) is 5.70. The summed E-state index contributed by atoms with van der Waals surface area (Å²) >= 11 is 0. The Kier molecular flexibility index (Phi) is 4.16. The molecule has 1 aliphatic heterocycles. The van der Waals surface area contributed by atoms with E-state index < -0.39 is 0 Å². The van der Waals surface area contributed by atoms with Gasteiger partial charge in [0.2, 0.25) is 0 Å². The van der Waals surface area contributed by atoms with Gasteiger partial charge in [0.25, 0.3) is 0 Å². The van der Waals surface area contributed by atoms with Crippen LogP contribution in [0.15, 0.2) is 18.2 Å². The maximum Gasteiger partial charge on any atom is 0.127 e. The number of hydrogen-bond acceptors (Lipinski definition) is 3. The quantitative estimate of drug-likeness (QED) is 0.881. The van der Waals surface area contributed by atoms with Gasteiger partial charge in [-0.2, -0.15) is 0 Å². The predicted octanol–water partition coefficient (Wildman–Crippen LogP) is 3.63. The molecule has 0 saturated heterocycles. The summed E-state index contributed by atoms with van der Waals surface area (Å²) in [6.45, 7) is 4.12. The van der Waals surface area contributed by atoms with Crippen LogP contribution in [0.25, 0.3) is 0 Å². The first-order valence-corrected chi connectivity index (χ1v) is 7.91. The smallest absolute Gasteiger partial charge is 0.127 e. The molecule has 110 valence electrons. The Labute approximate surface area is 121 Å². The van der Waals surface area contributed by atoms with Gasteiger partial charge in [-0.25, -0.2) is 0 Å². The molecule has 0 bridgehead atoms. The number of benzene rings is 1. The molecule has 1 atom stereocenters. The van der Waals surface area contributed by atoms with Gasteiger partial charge in [0.05, 0.1) is 6.04 Å². The van der Waals surface area contributed by atoms with Crippen molar-refractivity contribution in [2.24, 2.45) is 11.8 Å². The lowest BCUT2D eigenvalue weighted by atomic mass is 9.81. The third-order valence-electron chi connectivity index (χ3n) is 4.86. The normalized spacial score (nSPS) is 28.9. The van der Waals surface area contributed by atoms with E-state index in [2.05, 4.69) is 12.2 Å². The first kappa shape index (κ1) is 13.7. The van der Waals surface area contributed by atoms with Gasteiger partial charge in [0.1, 0.15) is 18.1 Å². The van der Waals surface area contributed by atoms with E-state index in [1.807, 2.05) is 6.07 Å². The van der Waals surface area contributed by atoms with Crippen LogP contribution in [-0.2, 0) is 0 Å². The second kappa shape index (κ2) is 6.04. The summed E-state index contributed by atoms with van der Waals surface area (Å²) in [6.07, 6.45) is 6.87. The summed E-state index contributed by atoms with van der Waals surface area (Å²) < 4.78 is 5.63. The van der Waals surface area contributed by atoms with Crippen LogP contribution in [0.3, 0.4) is 0 Å². The molecule has 1 unspecified atom stereocenters. The molecule has 0 aromatic heterocycles. The van der Waals surface area contributed by atoms with Gasteiger partial charge >= 0.3 is 0 Å². The van der Waals surface area contributed by atoms with Gasteiger partial charge in [-0.1, -0.05) is 32.6 Å². The van der Waals surface area contributed by atoms with Crippen LogP contribution in [0.1, 0.15) is 50.6 Å². The van der Waals surface area contributed by atoms with Crippen molar-refractivity contribution < 1.29 is 9.84 Å². The highest BCUT2D eigenvalue weighted by atomic mass is 16.5. The molecule has 20 heavy (non-hydrogen) atoms. The highest BCUT2D eigenvalue weighted by Gasteiger charge is 2.24. The van der Waals surface area contributed by atoms with Crippen LogP contribution in [0.5, 0.6) is 11.5 Å². The van der Waals surface area contributed by atoms with Gasteiger partial charge in [-0.15, -0.1) is 0 Å². The molecule has 2 aliphatic rings. The number of nitrogens with one attached hydrogen (secondary N) is 1. The van der Waals surface area contributed by atoms with Crippen molar-refractivity contribution in [3.8, 4) is 11.5 Å². The molecule has 2 N–H and O–H groups in total. The fourth-order valence-electron chi connectivity index (χ4n) is 3.45. The number of rotatable bonds is 4. The number of fused-ring (bicyclic) bond motifs is 1. The van der Waals surface area contributed by atoms with E-state index >= 15 is 0 Å². The summed E-state index contributed by atoms with van der Waals surface area (Å²) in [7, 11) is 0. The average Bonchev–Trinajstić information content (AvgIpc) is 2.83. The lowest BCUT2D eigenvalue weighted by Gasteiger charge is -2.26. The highest BCUT2D eigenvalue weighted by molar-refractivity contribution is 5.44. The van der Waals surface area contributed by atoms with E-state index in [1.165, 1.54) is 37.7 Å². The van der Waals surface area contributed by atoms with Crippen LogP contribution in [0.2, 0.25) is 0 Å². The summed E-state index contributed by atoms with van der Waals surface area (Å²) in [5, 5.41) is 13.1. The maximum absolute atomic E-state index is 9.45. The van der Waals surface area contributed by atoms with Gasteiger partial charge in [0, 0.05) is 11.6 Å². The molecular formula is C17H25NO2. The van der Waals surface area contributed by atoms with Crippen LogP contribution < -0.4 is 10.1 Å². The molecule has 1 saturated carbocycles. The molecular weight excluding hydrogens is 250 g/mol. The minimum Gasteiger partial charge on any atom is -0.508 e. The van der Waals surface area contributed by atoms with Crippen molar-refractivity contribution in [2.45, 2.75) is 45.1 Å². The lowest BCUT2D eigenvalue weighted by molar-refractivity contribution is 0.265. The van der Waals surface area contributed by atoms with Crippen molar-refractivity contribution >= 4 is 0 Å². The van der Waals surface area contributed by atoms with Crippen molar-refractivity contribution in [3.05, 3.63) is 23.8 Å². The number of phenols is 1. The van der Waals surface area contributed by atoms with Gasteiger partial charge < -0.3 is 15.2 Å². The Morgan fingerprint density at radius 1 is 1.25 bits per heavy atom. The summed E-state index contributed by atoms with van der Waals surface area (Å²) in [4.78, 5) is 0. The zero-order valence-corrected chi connectivity index (χ0v) is 12.3. The molecule has 0 amide bonds. The van der Waals surface area contributed by atoms with E-state index in [0.717, 1.165) is 24.1 Å². The average molecular weight is 275 g/mol. The van der Waals surface area contributed by atoms with Crippen LogP contribution in [-0.4, -0.2) is 18.3 Å². The Morgan fingerprint density at radius 2 is 2.05 bits per heavy atom. The fraction of sp³-hybridized carbons (Fsp3) is 0.647. The fourth-order valence-corrected chi connectivity index (χ4v) is 3.45. The van der Waals surface area contributed by atoms with Gasteiger partial charge in [-0.3, -0.25) is 0 Å². The molecule has 1 aromatic rings. The molecule has 3 nitrogen and oxygen atoms in total. The first-order chi connectivity index (χ1) is 9.72. The third kappa shape index (κ3) is 3.09. The molecule has 1 aromatic carbocycles. The standard InChI is InChI=1S/C17H25NO2/c1-12-2-4-13(5-3-12)8-9-18-16-11-20-17-10-14(19)6-7-15(16)17/h6-7,10,12-13,16,18-19H,2-5,8-9,11H2,1H3. The SMILES string of the molecule is CC1CCC(CCNC2COc3cc(O)ccc32)CC1. The molecule has 0 radical (unpaired) electrons. The molecule has 3 rings (SSSR count). The maximum atomic E-state index is 9.45. The first-order valence-electron chi connectivity index (χ1n) is 7.91. The Bertz CT molecular complexity index is 452. The van der Waals surface area contributed by atoms with Gasteiger partial charge in [-0.05, 0) is 36.9 Å². The number of ether oxygens (including phenoxy) is 1. The van der Waals surface area contributed by atoms with E-state index in [9.17, 15) is 5.11 Å². The number of phenolic OH excluding ortho intramolecular Hbond substituents is 1. The topological polar surface area (TPSA) is 41.5 Å². The zero-order chi connectivity index (χ0) is 13.9. The largest absolute Gasteiger partial charge is 0.508 e. The Balaban J connectivity index is 1.46. The van der Waals surface area contributed by atoms with Crippen LogP contribution in [0.4, 0.5) is 0 Å². The molecule has 1 fully saturated rings. The van der Waals surface area contributed by atoms with E-state index in [4.69, 9.17) is 4.74 Å². The van der Waals surface area contributed by atoms with Crippen molar-refractivity contribution in [1.29, 1.82) is 0 Å². The minimum absolute atomic E-state index is 0.278. The van der Waals surface area contributed by atoms with E-state index in [0.29, 0.717) is 6.61 Å². The molecule has 1 aliphatic carbocycles. The zero-order valence-electron chi connectivity index (χ0n) is 12.3. The molecule has 3 heteroatoms. The lowest BCUT2D eigenvalue weighted by Crippen LogP contribution is -2.26. The predicted molar refractivity (Wildman–Crippen MR) is 80.1 cm³/mol. The summed E-state index contributed by atoms with van der Waals surface area (Å²) in [5.74, 6) is 2.94. The van der Waals surface area contributed by atoms with E-state index in [-0.39, 0.29) is 11.8 Å². The van der Waals surface area contributed by atoms with Crippen molar-refractivity contribution in [2.75, 3.05) is 13.2 Å². The summed E-state index contributed by atoms with van der Waals surface area (Å²) in [5.41, 5.74) is 1.18. The minimum atomic E-state index is 0.278. The third-order valence-corrected chi connectivity index (χ3v) is 4.86. The number of aromatic hydroxyl groups is 1. The monoisotopic (exact) mass is 275 g/mol. The Morgan fingerprint density at radius 3 is 2.85 bits per heavy atom.